The second kappa shape index (κ2) is 6.45. The predicted octanol–water partition coefficient (Wildman–Crippen LogP) is 2.75. The lowest BCUT2D eigenvalue weighted by molar-refractivity contribution is 0.559. The molecule has 5 heteroatoms. The predicted molar refractivity (Wildman–Crippen MR) is 80.3 cm³/mol. The molecule has 0 unspecified atom stereocenters. The molecule has 1 aromatic carbocycles. The average molecular weight is 284 g/mol. The lowest BCUT2D eigenvalue weighted by atomic mass is 10.2. The molecule has 0 aliphatic carbocycles. The molecule has 0 aliphatic rings. The lowest BCUT2D eigenvalue weighted by Crippen LogP contribution is -2.17. The van der Waals surface area contributed by atoms with Crippen molar-refractivity contribution >= 4 is 11.0 Å². The SMILES string of the molecule is Fc1cnccc1CNCCCn1cnc2ccccc21. The molecule has 3 rings (SSSR count). The zero-order valence-corrected chi connectivity index (χ0v) is 11.7. The zero-order chi connectivity index (χ0) is 14.5. The fraction of sp³-hybridized carbons (Fsp3) is 0.250. The summed E-state index contributed by atoms with van der Waals surface area (Å²) in [6, 6.07) is 9.79. The van der Waals surface area contributed by atoms with Crippen LogP contribution in [0.5, 0.6) is 0 Å². The van der Waals surface area contributed by atoms with E-state index >= 15 is 0 Å². The van der Waals surface area contributed by atoms with Crippen LogP contribution >= 0.6 is 0 Å². The van der Waals surface area contributed by atoms with Crippen molar-refractivity contribution in [3.8, 4) is 0 Å². The smallest absolute Gasteiger partial charge is 0.145 e. The summed E-state index contributed by atoms with van der Waals surface area (Å²) >= 11 is 0. The van der Waals surface area contributed by atoms with E-state index in [2.05, 4.69) is 25.9 Å². The lowest BCUT2D eigenvalue weighted by Gasteiger charge is -2.07. The summed E-state index contributed by atoms with van der Waals surface area (Å²) < 4.78 is 15.5. The van der Waals surface area contributed by atoms with Crippen LogP contribution in [-0.4, -0.2) is 21.1 Å². The van der Waals surface area contributed by atoms with Gasteiger partial charge in [0, 0.05) is 24.8 Å². The molecule has 0 aliphatic heterocycles. The van der Waals surface area contributed by atoms with Gasteiger partial charge in [-0.05, 0) is 31.2 Å². The number of benzene rings is 1. The van der Waals surface area contributed by atoms with Crippen molar-refractivity contribution in [1.29, 1.82) is 0 Å². The Bertz CT molecular complexity index is 723. The van der Waals surface area contributed by atoms with Crippen molar-refractivity contribution in [2.45, 2.75) is 19.5 Å². The molecule has 0 bridgehead atoms. The van der Waals surface area contributed by atoms with Crippen molar-refractivity contribution < 1.29 is 4.39 Å². The number of imidazole rings is 1. The van der Waals surface area contributed by atoms with Gasteiger partial charge in [0.25, 0.3) is 0 Å². The van der Waals surface area contributed by atoms with Crippen molar-refractivity contribution in [3.63, 3.8) is 0 Å². The monoisotopic (exact) mass is 284 g/mol. The number of pyridine rings is 1. The van der Waals surface area contributed by atoms with Crippen molar-refractivity contribution in [2.24, 2.45) is 0 Å². The van der Waals surface area contributed by atoms with Gasteiger partial charge in [-0.25, -0.2) is 9.37 Å². The highest BCUT2D eigenvalue weighted by molar-refractivity contribution is 5.74. The Morgan fingerprint density at radius 2 is 2.10 bits per heavy atom. The minimum Gasteiger partial charge on any atom is -0.331 e. The summed E-state index contributed by atoms with van der Waals surface area (Å²) in [6.45, 7) is 2.25. The number of para-hydroxylation sites is 2. The Labute approximate surface area is 122 Å². The maximum atomic E-state index is 13.4. The van der Waals surface area contributed by atoms with Crippen LogP contribution in [0.1, 0.15) is 12.0 Å². The van der Waals surface area contributed by atoms with Crippen molar-refractivity contribution in [1.82, 2.24) is 19.9 Å². The summed E-state index contributed by atoms with van der Waals surface area (Å²) in [4.78, 5) is 8.10. The minimum absolute atomic E-state index is 0.259. The molecule has 0 fully saturated rings. The molecule has 0 atom stereocenters. The van der Waals surface area contributed by atoms with Gasteiger partial charge in [-0.3, -0.25) is 4.98 Å². The molecule has 4 nitrogen and oxygen atoms in total. The molecule has 0 amide bonds. The third-order valence-electron chi connectivity index (χ3n) is 3.45. The number of rotatable bonds is 6. The van der Waals surface area contributed by atoms with Gasteiger partial charge in [0.2, 0.25) is 0 Å². The Morgan fingerprint density at radius 1 is 1.19 bits per heavy atom. The Kier molecular flexibility index (Phi) is 4.21. The highest BCUT2D eigenvalue weighted by atomic mass is 19.1. The van der Waals surface area contributed by atoms with Gasteiger partial charge < -0.3 is 9.88 Å². The first-order valence-corrected chi connectivity index (χ1v) is 7.03. The van der Waals surface area contributed by atoms with E-state index in [0.29, 0.717) is 12.1 Å². The first-order valence-electron chi connectivity index (χ1n) is 7.03. The van der Waals surface area contributed by atoms with E-state index in [1.54, 1.807) is 12.3 Å². The summed E-state index contributed by atoms with van der Waals surface area (Å²) in [7, 11) is 0. The number of aryl methyl sites for hydroxylation is 1. The maximum absolute atomic E-state index is 13.4. The Hall–Kier alpha value is -2.27. The summed E-state index contributed by atoms with van der Waals surface area (Å²) in [5, 5.41) is 3.25. The van der Waals surface area contributed by atoms with Crippen molar-refractivity contribution in [2.75, 3.05) is 6.54 Å². The molecular weight excluding hydrogens is 267 g/mol. The summed E-state index contributed by atoms with van der Waals surface area (Å²) in [5.74, 6) is -0.259. The largest absolute Gasteiger partial charge is 0.331 e. The first kappa shape index (κ1) is 13.7. The van der Waals surface area contributed by atoms with Gasteiger partial charge in [-0.15, -0.1) is 0 Å². The van der Waals surface area contributed by atoms with Crippen molar-refractivity contribution in [3.05, 3.63) is 60.4 Å². The van der Waals surface area contributed by atoms with Crippen LogP contribution in [0.25, 0.3) is 11.0 Å². The first-order chi connectivity index (χ1) is 10.3. The number of halogens is 1. The maximum Gasteiger partial charge on any atom is 0.145 e. The van der Waals surface area contributed by atoms with Crippen LogP contribution in [0.4, 0.5) is 4.39 Å². The average Bonchev–Trinajstić information content (AvgIpc) is 2.92. The molecule has 108 valence electrons. The van der Waals surface area contributed by atoms with E-state index in [9.17, 15) is 4.39 Å². The highest BCUT2D eigenvalue weighted by Crippen LogP contribution is 2.11. The Balaban J connectivity index is 1.47. The molecule has 0 radical (unpaired) electrons. The summed E-state index contributed by atoms with van der Waals surface area (Å²) in [5.41, 5.74) is 2.82. The number of fused-ring (bicyclic) bond motifs is 1. The standard InChI is InChI=1S/C16H17FN4/c17-14-11-19-8-6-13(14)10-18-7-3-9-21-12-20-15-4-1-2-5-16(15)21/h1-2,4-6,8,11-12,18H,3,7,9-10H2. The quantitative estimate of drug-likeness (QED) is 0.708. The molecular formula is C16H17FN4. The van der Waals surface area contributed by atoms with Gasteiger partial charge in [-0.2, -0.15) is 0 Å². The van der Waals surface area contributed by atoms with E-state index in [0.717, 1.165) is 30.5 Å². The number of nitrogens with zero attached hydrogens (tertiary/aromatic N) is 3. The third-order valence-corrected chi connectivity index (χ3v) is 3.45. The zero-order valence-electron chi connectivity index (χ0n) is 11.7. The van der Waals surface area contributed by atoms with Crippen LogP contribution in [0.3, 0.4) is 0 Å². The molecule has 0 saturated carbocycles. The van der Waals surface area contributed by atoms with Crippen LogP contribution in [0.2, 0.25) is 0 Å². The van der Waals surface area contributed by atoms with Crippen LogP contribution in [0, 0.1) is 5.82 Å². The fourth-order valence-electron chi connectivity index (χ4n) is 2.33. The van der Waals surface area contributed by atoms with E-state index in [-0.39, 0.29) is 5.82 Å². The number of aromatic nitrogens is 3. The number of hydrogen-bond acceptors (Lipinski definition) is 3. The van der Waals surface area contributed by atoms with Gasteiger partial charge in [0.05, 0.1) is 23.6 Å². The van der Waals surface area contributed by atoms with Crippen LogP contribution in [0.15, 0.2) is 49.1 Å². The second-order valence-electron chi connectivity index (χ2n) is 4.92. The van der Waals surface area contributed by atoms with Crippen LogP contribution < -0.4 is 5.32 Å². The normalized spacial score (nSPS) is 11.1. The molecule has 2 aromatic heterocycles. The van der Waals surface area contributed by atoms with E-state index in [4.69, 9.17) is 0 Å². The van der Waals surface area contributed by atoms with Gasteiger partial charge in [0.1, 0.15) is 5.82 Å². The topological polar surface area (TPSA) is 42.7 Å². The molecule has 21 heavy (non-hydrogen) atoms. The van der Waals surface area contributed by atoms with Crippen LogP contribution in [-0.2, 0) is 13.1 Å². The number of nitrogens with one attached hydrogen (secondary N) is 1. The third kappa shape index (κ3) is 3.25. The molecule has 0 spiro atoms. The molecule has 3 aromatic rings. The van der Waals surface area contributed by atoms with Gasteiger partial charge in [-0.1, -0.05) is 12.1 Å². The molecule has 0 saturated heterocycles. The summed E-state index contributed by atoms with van der Waals surface area (Å²) in [6.07, 6.45) is 5.69. The van der Waals surface area contributed by atoms with E-state index < -0.39 is 0 Å². The minimum atomic E-state index is -0.259. The fourth-order valence-corrected chi connectivity index (χ4v) is 2.33. The molecule has 1 N–H and O–H groups in total. The van der Waals surface area contributed by atoms with Gasteiger partial charge in [0.15, 0.2) is 0 Å². The highest BCUT2D eigenvalue weighted by Gasteiger charge is 2.02. The second-order valence-corrected chi connectivity index (χ2v) is 4.92. The van der Waals surface area contributed by atoms with E-state index in [1.807, 2.05) is 24.5 Å². The number of hydrogen-bond donors (Lipinski definition) is 1. The van der Waals surface area contributed by atoms with Gasteiger partial charge >= 0.3 is 0 Å². The Morgan fingerprint density at radius 3 is 3.00 bits per heavy atom. The molecule has 2 heterocycles. The van der Waals surface area contributed by atoms with E-state index in [1.165, 1.54) is 6.20 Å².